The van der Waals surface area contributed by atoms with Crippen molar-refractivity contribution in [1.82, 2.24) is 0 Å². The third-order valence-corrected chi connectivity index (χ3v) is 6.94. The fourth-order valence-corrected chi connectivity index (χ4v) is 4.68. The second-order valence-corrected chi connectivity index (χ2v) is 9.32. The van der Waals surface area contributed by atoms with E-state index in [1.54, 1.807) is 0 Å². The molecule has 0 heterocycles. The zero-order valence-electron chi connectivity index (χ0n) is 18.2. The van der Waals surface area contributed by atoms with Crippen LogP contribution in [0.1, 0.15) is 90.4 Å². The quantitative estimate of drug-likeness (QED) is 0.231. The summed E-state index contributed by atoms with van der Waals surface area (Å²) in [5.74, 6) is 3.39. The monoisotopic (exact) mass is 388 g/mol. The summed E-state index contributed by atoms with van der Waals surface area (Å²) < 4.78 is 0. The first-order valence-electron chi connectivity index (χ1n) is 11.9. The molecule has 1 fully saturated rings. The minimum atomic E-state index is -1.08. The van der Waals surface area contributed by atoms with Crippen LogP contribution in [0.25, 0.3) is 0 Å². The molecule has 2 nitrogen and oxygen atoms in total. The maximum absolute atomic E-state index is 10.0. The van der Waals surface area contributed by atoms with Crippen LogP contribution in [0.4, 0.5) is 0 Å². The summed E-state index contributed by atoms with van der Waals surface area (Å²) in [4.78, 5) is 0. The molecule has 0 bridgehead atoms. The van der Waals surface area contributed by atoms with Gasteiger partial charge < -0.3 is 10.2 Å². The number of aliphatic hydroxyl groups is 2. The van der Waals surface area contributed by atoms with Gasteiger partial charge in [-0.25, -0.2) is 0 Å². The first-order chi connectivity index (χ1) is 13.6. The average Bonchev–Trinajstić information content (AvgIpc) is 3.46. The van der Waals surface area contributed by atoms with Gasteiger partial charge in [-0.05, 0) is 68.6 Å². The molecule has 0 radical (unpaired) electrons. The van der Waals surface area contributed by atoms with Crippen molar-refractivity contribution < 1.29 is 10.2 Å². The molecule has 4 atom stereocenters. The fourth-order valence-electron chi connectivity index (χ4n) is 4.68. The van der Waals surface area contributed by atoms with Crippen LogP contribution >= 0.6 is 0 Å². The summed E-state index contributed by atoms with van der Waals surface area (Å²) in [6.45, 7) is 5.70. The van der Waals surface area contributed by atoms with E-state index < -0.39 is 5.60 Å². The minimum absolute atomic E-state index is 0.224. The second kappa shape index (κ2) is 12.6. The molecule has 2 N–H and O–H groups in total. The lowest BCUT2D eigenvalue weighted by molar-refractivity contribution is 0.0186. The highest BCUT2D eigenvalue weighted by molar-refractivity contribution is 5.10. The van der Waals surface area contributed by atoms with E-state index in [4.69, 9.17) is 0 Å². The molecule has 160 valence electrons. The van der Waals surface area contributed by atoms with Crippen molar-refractivity contribution in [3.8, 4) is 0 Å². The Kier molecular flexibility index (Phi) is 10.6. The average molecular weight is 389 g/mol. The molecule has 0 aliphatic heterocycles. The lowest BCUT2D eigenvalue weighted by atomic mass is 9.88. The first-order valence-corrected chi connectivity index (χ1v) is 11.9. The van der Waals surface area contributed by atoms with Crippen molar-refractivity contribution in [2.75, 3.05) is 6.61 Å². The second-order valence-electron chi connectivity index (χ2n) is 9.32. The summed E-state index contributed by atoms with van der Waals surface area (Å²) in [7, 11) is 0. The number of hydrogen-bond donors (Lipinski definition) is 2. The number of unbranched alkanes of at least 4 members (excludes halogenated alkanes) is 4. The van der Waals surface area contributed by atoms with E-state index in [0.29, 0.717) is 12.3 Å². The highest BCUT2D eigenvalue weighted by Gasteiger charge is 2.29. The highest BCUT2D eigenvalue weighted by atomic mass is 16.3. The zero-order chi connectivity index (χ0) is 20.2. The van der Waals surface area contributed by atoms with E-state index in [1.807, 2.05) is 0 Å². The van der Waals surface area contributed by atoms with Gasteiger partial charge in [-0.15, -0.1) is 6.58 Å². The molecule has 0 aromatic rings. The van der Waals surface area contributed by atoms with Gasteiger partial charge in [0.05, 0.1) is 6.61 Å². The highest BCUT2D eigenvalue weighted by Crippen LogP contribution is 2.41. The molecule has 0 amide bonds. The van der Waals surface area contributed by atoms with Gasteiger partial charge in [0, 0.05) is 0 Å². The predicted octanol–water partition coefficient (Wildman–Crippen LogP) is 6.59. The normalized spacial score (nSPS) is 25.2. The lowest BCUT2D eigenvalue weighted by Gasteiger charge is -2.21. The summed E-state index contributed by atoms with van der Waals surface area (Å²) >= 11 is 0. The molecule has 2 heteroatoms. The number of allylic oxidation sites excluding steroid dienone is 4. The van der Waals surface area contributed by atoms with Gasteiger partial charge in [0.25, 0.3) is 0 Å². The topological polar surface area (TPSA) is 40.5 Å². The maximum Gasteiger partial charge on any atom is 0.105 e. The number of rotatable bonds is 16. The van der Waals surface area contributed by atoms with E-state index >= 15 is 0 Å². The van der Waals surface area contributed by atoms with Crippen LogP contribution in [0, 0.1) is 23.7 Å². The van der Waals surface area contributed by atoms with Crippen LogP contribution in [-0.4, -0.2) is 22.4 Å². The van der Waals surface area contributed by atoms with Gasteiger partial charge in [0.1, 0.15) is 5.60 Å². The Labute approximate surface area is 173 Å². The molecule has 0 saturated heterocycles. The molecule has 0 aromatic carbocycles. The molecule has 2 aliphatic carbocycles. The number of aliphatic hydroxyl groups excluding tert-OH is 1. The van der Waals surface area contributed by atoms with Gasteiger partial charge in [0.2, 0.25) is 0 Å². The van der Waals surface area contributed by atoms with Crippen molar-refractivity contribution in [3.05, 3.63) is 37.0 Å². The van der Waals surface area contributed by atoms with E-state index in [2.05, 4.69) is 37.8 Å². The van der Waals surface area contributed by atoms with Gasteiger partial charge in [-0.3, -0.25) is 0 Å². The fraction of sp³-hybridized carbons (Fsp3) is 0.769. The van der Waals surface area contributed by atoms with E-state index in [0.717, 1.165) is 30.6 Å². The number of hydrogen-bond acceptors (Lipinski definition) is 2. The third-order valence-electron chi connectivity index (χ3n) is 6.94. The van der Waals surface area contributed by atoms with E-state index in [-0.39, 0.29) is 6.61 Å². The van der Waals surface area contributed by atoms with Crippen LogP contribution < -0.4 is 0 Å². The zero-order valence-corrected chi connectivity index (χ0v) is 18.2. The Morgan fingerprint density at radius 3 is 2.64 bits per heavy atom. The van der Waals surface area contributed by atoms with Crippen LogP contribution in [0.3, 0.4) is 0 Å². The maximum atomic E-state index is 10.0. The summed E-state index contributed by atoms with van der Waals surface area (Å²) in [5, 5.41) is 19.2. The van der Waals surface area contributed by atoms with Crippen molar-refractivity contribution in [2.24, 2.45) is 23.7 Å². The summed E-state index contributed by atoms with van der Waals surface area (Å²) in [6.07, 6.45) is 27.3. The Balaban J connectivity index is 1.61. The summed E-state index contributed by atoms with van der Waals surface area (Å²) in [5.41, 5.74) is -1.08. The van der Waals surface area contributed by atoms with Crippen LogP contribution in [0.5, 0.6) is 0 Å². The van der Waals surface area contributed by atoms with Crippen molar-refractivity contribution in [2.45, 2.75) is 96.0 Å². The Bertz CT molecular complexity index is 491. The van der Waals surface area contributed by atoms with Crippen molar-refractivity contribution in [1.29, 1.82) is 0 Å². The van der Waals surface area contributed by atoms with Gasteiger partial charge in [-0.2, -0.15) is 0 Å². The van der Waals surface area contributed by atoms with Crippen LogP contribution in [0.15, 0.2) is 37.0 Å². The SMILES string of the molecule is C=CC(O)(CO)CCCCCC[C@H]1CC=C[C@@H]1C=CC[C@H](CCCC)C1CC1. The molecule has 1 saturated carbocycles. The first kappa shape index (κ1) is 23.4. The third kappa shape index (κ3) is 8.25. The van der Waals surface area contributed by atoms with E-state index in [9.17, 15) is 10.2 Å². The van der Waals surface area contributed by atoms with Gasteiger partial charge in [0.15, 0.2) is 0 Å². The molecule has 2 aliphatic rings. The van der Waals surface area contributed by atoms with Crippen LogP contribution in [-0.2, 0) is 0 Å². The molecule has 28 heavy (non-hydrogen) atoms. The minimum Gasteiger partial charge on any atom is -0.393 e. The smallest absolute Gasteiger partial charge is 0.105 e. The Morgan fingerprint density at radius 1 is 1.18 bits per heavy atom. The molecular formula is C26H44O2. The predicted molar refractivity (Wildman–Crippen MR) is 120 cm³/mol. The molecule has 0 spiro atoms. The van der Waals surface area contributed by atoms with Crippen molar-refractivity contribution >= 4 is 0 Å². The molecule has 0 aromatic heterocycles. The van der Waals surface area contributed by atoms with Gasteiger partial charge >= 0.3 is 0 Å². The Hall–Kier alpha value is -0.860. The standard InChI is InChI=1S/C26H44O2/c1-3-5-12-22(25-18-19-25)14-10-16-24-17-11-15-23(24)13-8-6-7-9-20-26(28,4-2)21-27/h4,10-11,16-17,22-25,27-28H,2-3,5-9,12-15,18-21H2,1H3/t22-,23-,24-,26?/m0/s1. The summed E-state index contributed by atoms with van der Waals surface area (Å²) in [6, 6.07) is 0. The lowest BCUT2D eigenvalue weighted by Crippen LogP contribution is -2.30. The molecule has 2 rings (SSSR count). The van der Waals surface area contributed by atoms with Gasteiger partial charge in [-0.1, -0.05) is 75.8 Å². The Morgan fingerprint density at radius 2 is 1.96 bits per heavy atom. The molecular weight excluding hydrogens is 344 g/mol. The largest absolute Gasteiger partial charge is 0.393 e. The van der Waals surface area contributed by atoms with Crippen molar-refractivity contribution in [3.63, 3.8) is 0 Å². The molecule has 1 unspecified atom stereocenters. The van der Waals surface area contributed by atoms with E-state index in [1.165, 1.54) is 70.3 Å². The van der Waals surface area contributed by atoms with Crippen LogP contribution in [0.2, 0.25) is 0 Å².